The van der Waals surface area contributed by atoms with Crippen LogP contribution in [0.1, 0.15) is 25.3 Å². The number of hydrogen-bond donors (Lipinski definition) is 0. The van der Waals surface area contributed by atoms with Gasteiger partial charge in [-0.15, -0.1) is 41.0 Å². The molecule has 0 aliphatic rings. The summed E-state index contributed by atoms with van der Waals surface area (Å²) in [5, 5.41) is 9.37. The van der Waals surface area contributed by atoms with Gasteiger partial charge in [0.1, 0.15) is 0 Å². The normalized spacial score (nSPS) is 10.8. The number of hydrogen-bond acceptors (Lipinski definition) is 2. The molecule has 0 amide bonds. The van der Waals surface area contributed by atoms with Crippen molar-refractivity contribution < 1.29 is 20.1 Å². The van der Waals surface area contributed by atoms with Crippen molar-refractivity contribution in [3.05, 3.63) is 115 Å². The van der Waals surface area contributed by atoms with E-state index in [-0.39, 0.29) is 20.1 Å². The van der Waals surface area contributed by atoms with Crippen molar-refractivity contribution in [2.75, 3.05) is 0 Å². The van der Waals surface area contributed by atoms with Crippen LogP contribution in [0.3, 0.4) is 0 Å². The van der Waals surface area contributed by atoms with E-state index >= 15 is 0 Å². The molecule has 4 heteroatoms. The van der Waals surface area contributed by atoms with E-state index in [4.69, 9.17) is 5.10 Å². The van der Waals surface area contributed by atoms with E-state index < -0.39 is 0 Å². The Morgan fingerprint density at radius 2 is 1.30 bits per heavy atom. The summed E-state index contributed by atoms with van der Waals surface area (Å²) in [4.78, 5) is 0. The SMILES string of the molecule is CC(C)c1ccccc1-n1c(-c2[c-]cccc2)nnc1-c1ccccc1-c1ccccc1.[Ir]. The second kappa shape index (κ2) is 10.1. The minimum absolute atomic E-state index is 0. The van der Waals surface area contributed by atoms with E-state index in [2.05, 4.69) is 102 Å². The van der Waals surface area contributed by atoms with Crippen molar-refractivity contribution in [3.63, 3.8) is 0 Å². The number of aromatic nitrogens is 3. The molecule has 0 aliphatic heterocycles. The van der Waals surface area contributed by atoms with Crippen molar-refractivity contribution in [1.29, 1.82) is 0 Å². The molecule has 3 nitrogen and oxygen atoms in total. The van der Waals surface area contributed by atoms with E-state index in [1.807, 2.05) is 30.3 Å². The van der Waals surface area contributed by atoms with Crippen LogP contribution < -0.4 is 0 Å². The van der Waals surface area contributed by atoms with Gasteiger partial charge in [-0.05, 0) is 28.7 Å². The first-order chi connectivity index (χ1) is 15.7. The van der Waals surface area contributed by atoms with Crippen LogP contribution in [0, 0.1) is 6.07 Å². The molecule has 0 spiro atoms. The minimum atomic E-state index is 0. The maximum Gasteiger partial charge on any atom is 0.160 e. The van der Waals surface area contributed by atoms with Crippen LogP contribution in [-0.2, 0) is 20.1 Å². The summed E-state index contributed by atoms with van der Waals surface area (Å²) in [7, 11) is 0. The monoisotopic (exact) mass is 607 g/mol. The van der Waals surface area contributed by atoms with Crippen LogP contribution >= 0.6 is 0 Å². The first-order valence-electron chi connectivity index (χ1n) is 10.9. The van der Waals surface area contributed by atoms with Gasteiger partial charge in [-0.3, -0.25) is 0 Å². The van der Waals surface area contributed by atoms with Gasteiger partial charge in [0.05, 0.1) is 5.82 Å². The molecule has 0 unspecified atom stereocenters. The minimum Gasteiger partial charge on any atom is -0.316 e. The van der Waals surface area contributed by atoms with Gasteiger partial charge in [0.25, 0.3) is 0 Å². The molecule has 0 fully saturated rings. The molecule has 1 aromatic heterocycles. The Kier molecular flexibility index (Phi) is 6.98. The maximum absolute atomic E-state index is 4.72. The van der Waals surface area contributed by atoms with E-state index in [0.29, 0.717) is 5.92 Å². The Bertz CT molecular complexity index is 1340. The van der Waals surface area contributed by atoms with Crippen molar-refractivity contribution in [1.82, 2.24) is 14.8 Å². The zero-order valence-corrected chi connectivity index (χ0v) is 21.0. The third kappa shape index (κ3) is 4.45. The number of rotatable bonds is 5. The van der Waals surface area contributed by atoms with Gasteiger partial charge < -0.3 is 4.57 Å². The molecule has 1 heterocycles. The summed E-state index contributed by atoms with van der Waals surface area (Å²) in [6, 6.07) is 38.6. The fraction of sp³-hybridized carbons (Fsp3) is 0.103. The average Bonchev–Trinajstić information content (AvgIpc) is 3.30. The Hall–Kier alpha value is -3.33. The van der Waals surface area contributed by atoms with E-state index in [9.17, 15) is 0 Å². The molecular formula is C29H24IrN3-. The van der Waals surface area contributed by atoms with E-state index in [1.165, 1.54) is 5.56 Å². The third-order valence-electron chi connectivity index (χ3n) is 5.67. The molecule has 0 bridgehead atoms. The van der Waals surface area contributed by atoms with Crippen LogP contribution in [0.5, 0.6) is 0 Å². The van der Waals surface area contributed by atoms with Gasteiger partial charge in [0.2, 0.25) is 0 Å². The Labute approximate surface area is 208 Å². The fourth-order valence-electron chi connectivity index (χ4n) is 4.12. The van der Waals surface area contributed by atoms with E-state index in [0.717, 1.165) is 39.6 Å². The van der Waals surface area contributed by atoms with Crippen molar-refractivity contribution in [2.24, 2.45) is 0 Å². The first kappa shape index (κ1) is 22.8. The molecule has 0 aliphatic carbocycles. The standard InChI is InChI=1S/C29H24N3.Ir/c1-21(2)24-17-11-12-20-27(24)32-28(23-15-7-4-8-16-23)30-31-29(32)26-19-10-9-18-25(26)22-13-5-3-6-14-22;/h3-15,17-21H,1-2H3;/q-1;. The van der Waals surface area contributed by atoms with Gasteiger partial charge in [0.15, 0.2) is 5.82 Å². The summed E-state index contributed by atoms with van der Waals surface area (Å²) >= 11 is 0. The van der Waals surface area contributed by atoms with Crippen LogP contribution in [0.25, 0.3) is 39.6 Å². The van der Waals surface area contributed by atoms with Crippen LogP contribution in [0.2, 0.25) is 0 Å². The summed E-state index contributed by atoms with van der Waals surface area (Å²) in [5.41, 5.74) is 6.60. The Morgan fingerprint density at radius 1 is 0.667 bits per heavy atom. The number of nitrogens with zero attached hydrogens (tertiary/aromatic N) is 3. The van der Waals surface area contributed by atoms with Gasteiger partial charge in [-0.25, -0.2) is 0 Å². The molecule has 1 radical (unpaired) electrons. The number of para-hydroxylation sites is 1. The topological polar surface area (TPSA) is 30.7 Å². The van der Waals surface area contributed by atoms with Crippen LogP contribution in [0.4, 0.5) is 0 Å². The zero-order chi connectivity index (χ0) is 21.9. The largest absolute Gasteiger partial charge is 0.316 e. The Balaban J connectivity index is 0.00000259. The van der Waals surface area contributed by atoms with Crippen molar-refractivity contribution in [3.8, 4) is 39.6 Å². The second-order valence-electron chi connectivity index (χ2n) is 8.08. The van der Waals surface area contributed by atoms with Gasteiger partial charge in [-0.2, -0.15) is 5.10 Å². The van der Waals surface area contributed by atoms with Gasteiger partial charge in [-0.1, -0.05) is 86.6 Å². The van der Waals surface area contributed by atoms with Crippen LogP contribution in [-0.4, -0.2) is 14.8 Å². The van der Waals surface area contributed by atoms with Gasteiger partial charge in [0, 0.05) is 31.4 Å². The molecule has 0 N–H and O–H groups in total. The predicted octanol–water partition coefficient (Wildman–Crippen LogP) is 7.19. The molecule has 5 aromatic rings. The van der Waals surface area contributed by atoms with E-state index in [1.54, 1.807) is 0 Å². The maximum atomic E-state index is 4.72. The second-order valence-corrected chi connectivity index (χ2v) is 8.08. The Morgan fingerprint density at radius 3 is 2.03 bits per heavy atom. The molecule has 4 aromatic carbocycles. The molecule has 0 atom stereocenters. The predicted molar refractivity (Wildman–Crippen MR) is 131 cm³/mol. The number of benzene rings is 4. The summed E-state index contributed by atoms with van der Waals surface area (Å²) in [6.07, 6.45) is 0. The van der Waals surface area contributed by atoms with Crippen molar-refractivity contribution in [2.45, 2.75) is 19.8 Å². The smallest absolute Gasteiger partial charge is 0.160 e. The molecular weight excluding hydrogens is 583 g/mol. The van der Waals surface area contributed by atoms with Crippen molar-refractivity contribution >= 4 is 0 Å². The average molecular weight is 607 g/mol. The molecule has 0 saturated heterocycles. The summed E-state index contributed by atoms with van der Waals surface area (Å²) in [5.74, 6) is 1.97. The zero-order valence-electron chi connectivity index (χ0n) is 18.6. The van der Waals surface area contributed by atoms with Crippen LogP contribution in [0.15, 0.2) is 103 Å². The molecule has 165 valence electrons. The fourth-order valence-corrected chi connectivity index (χ4v) is 4.12. The third-order valence-corrected chi connectivity index (χ3v) is 5.67. The summed E-state index contributed by atoms with van der Waals surface area (Å²) < 4.78 is 2.18. The summed E-state index contributed by atoms with van der Waals surface area (Å²) in [6.45, 7) is 4.43. The quantitative estimate of drug-likeness (QED) is 0.198. The molecule has 5 rings (SSSR count). The molecule has 33 heavy (non-hydrogen) atoms. The van der Waals surface area contributed by atoms with Gasteiger partial charge >= 0.3 is 0 Å². The first-order valence-corrected chi connectivity index (χ1v) is 10.9. The molecule has 0 saturated carbocycles.